The molecule has 2 heterocycles. The second kappa shape index (κ2) is 7.48. The van der Waals surface area contributed by atoms with Gasteiger partial charge in [-0.25, -0.2) is 4.68 Å². The summed E-state index contributed by atoms with van der Waals surface area (Å²) in [6.45, 7) is 2.11. The number of hydrogen-bond donors (Lipinski definition) is 0. The maximum absolute atomic E-state index is 12.2. The van der Waals surface area contributed by atoms with Crippen molar-refractivity contribution < 1.29 is 9.26 Å². The van der Waals surface area contributed by atoms with Crippen LogP contribution in [0.15, 0.2) is 70.0 Å². The van der Waals surface area contributed by atoms with Crippen LogP contribution in [0, 0.1) is 6.92 Å². The minimum atomic E-state index is -0.239. The molecule has 7 nitrogen and oxygen atoms in total. The first kappa shape index (κ1) is 17.7. The van der Waals surface area contributed by atoms with E-state index in [-0.39, 0.29) is 12.1 Å². The molecule has 0 aliphatic carbocycles. The van der Waals surface area contributed by atoms with E-state index in [0.717, 1.165) is 16.7 Å². The fourth-order valence-corrected chi connectivity index (χ4v) is 2.77. The summed E-state index contributed by atoms with van der Waals surface area (Å²) in [6, 6.07) is 18.5. The van der Waals surface area contributed by atoms with Gasteiger partial charge in [0.2, 0.25) is 11.7 Å². The van der Waals surface area contributed by atoms with E-state index >= 15 is 0 Å². The molecular weight excluding hydrogens is 356 g/mol. The summed E-state index contributed by atoms with van der Waals surface area (Å²) in [7, 11) is 1.60. The third-order valence-corrected chi connectivity index (χ3v) is 4.30. The molecule has 0 fully saturated rings. The van der Waals surface area contributed by atoms with Gasteiger partial charge in [0, 0.05) is 17.2 Å². The summed E-state index contributed by atoms with van der Waals surface area (Å²) >= 11 is 0. The van der Waals surface area contributed by atoms with Crippen molar-refractivity contribution in [2.45, 2.75) is 13.5 Å². The van der Waals surface area contributed by atoms with Crippen molar-refractivity contribution in [3.05, 3.63) is 82.5 Å². The first-order valence-corrected chi connectivity index (χ1v) is 8.74. The molecular formula is C21H18N4O3. The molecule has 2 aromatic heterocycles. The monoisotopic (exact) mass is 374 g/mol. The zero-order valence-corrected chi connectivity index (χ0v) is 15.5. The highest BCUT2D eigenvalue weighted by Crippen LogP contribution is 2.21. The molecule has 0 atom stereocenters. The molecule has 0 radical (unpaired) electrons. The lowest BCUT2D eigenvalue weighted by Crippen LogP contribution is -2.23. The highest BCUT2D eigenvalue weighted by Gasteiger charge is 2.12. The molecule has 0 aliphatic rings. The predicted octanol–water partition coefficient (Wildman–Crippen LogP) is 3.33. The smallest absolute Gasteiger partial charge is 0.267 e. The number of aromatic nitrogens is 4. The Morgan fingerprint density at radius 2 is 1.86 bits per heavy atom. The van der Waals surface area contributed by atoms with E-state index in [9.17, 15) is 4.79 Å². The van der Waals surface area contributed by atoms with Crippen molar-refractivity contribution in [3.8, 4) is 28.4 Å². The molecule has 0 saturated heterocycles. The minimum absolute atomic E-state index is 0.0928. The molecule has 0 bridgehead atoms. The molecule has 28 heavy (non-hydrogen) atoms. The predicted molar refractivity (Wildman–Crippen MR) is 104 cm³/mol. The Morgan fingerprint density at radius 1 is 1.04 bits per heavy atom. The molecule has 0 unspecified atom stereocenters. The first-order valence-electron chi connectivity index (χ1n) is 8.74. The summed E-state index contributed by atoms with van der Waals surface area (Å²) in [5.41, 5.74) is 3.32. The lowest BCUT2D eigenvalue weighted by atomic mass is 10.1. The average molecular weight is 374 g/mol. The van der Waals surface area contributed by atoms with Crippen LogP contribution >= 0.6 is 0 Å². The fraction of sp³-hybridized carbons (Fsp3) is 0.143. The van der Waals surface area contributed by atoms with Gasteiger partial charge in [-0.1, -0.05) is 47.1 Å². The summed E-state index contributed by atoms with van der Waals surface area (Å²) in [4.78, 5) is 16.6. The Balaban J connectivity index is 1.61. The number of hydrogen-bond acceptors (Lipinski definition) is 6. The van der Waals surface area contributed by atoms with E-state index in [1.165, 1.54) is 10.7 Å². The third kappa shape index (κ3) is 3.68. The van der Waals surface area contributed by atoms with Gasteiger partial charge in [0.15, 0.2) is 0 Å². The lowest BCUT2D eigenvalue weighted by molar-refractivity contribution is 0.363. The van der Waals surface area contributed by atoms with Crippen LogP contribution in [0.25, 0.3) is 22.6 Å². The maximum Gasteiger partial charge on any atom is 0.267 e. The summed E-state index contributed by atoms with van der Waals surface area (Å²) < 4.78 is 11.8. The van der Waals surface area contributed by atoms with Crippen molar-refractivity contribution in [1.29, 1.82) is 0 Å². The average Bonchev–Trinajstić information content (AvgIpc) is 3.19. The molecule has 0 N–H and O–H groups in total. The van der Waals surface area contributed by atoms with Crippen LogP contribution in [0.5, 0.6) is 5.75 Å². The quantitative estimate of drug-likeness (QED) is 0.533. The molecule has 0 aliphatic heterocycles. The van der Waals surface area contributed by atoms with Crippen LogP contribution in [-0.4, -0.2) is 27.0 Å². The van der Waals surface area contributed by atoms with Gasteiger partial charge in [-0.15, -0.1) is 0 Å². The van der Waals surface area contributed by atoms with Crippen LogP contribution in [0.3, 0.4) is 0 Å². The Labute approximate surface area is 161 Å². The summed E-state index contributed by atoms with van der Waals surface area (Å²) in [6.07, 6.45) is 0. The van der Waals surface area contributed by atoms with Gasteiger partial charge >= 0.3 is 0 Å². The number of benzene rings is 2. The standard InChI is InChI=1S/C21H18N4O3/c1-14-6-8-15(9-7-14)18-10-11-20(26)25(23-18)13-19-22-21(24-28-19)16-4-3-5-17(12-16)27-2/h3-12H,13H2,1-2H3. The van der Waals surface area contributed by atoms with Gasteiger partial charge in [0.1, 0.15) is 12.3 Å². The highest BCUT2D eigenvalue weighted by molar-refractivity contribution is 5.58. The van der Waals surface area contributed by atoms with Crippen LogP contribution in [-0.2, 0) is 6.54 Å². The Morgan fingerprint density at radius 3 is 2.64 bits per heavy atom. The van der Waals surface area contributed by atoms with Gasteiger partial charge in [0.25, 0.3) is 5.56 Å². The van der Waals surface area contributed by atoms with Crippen LogP contribution < -0.4 is 10.3 Å². The van der Waals surface area contributed by atoms with Crippen molar-refractivity contribution >= 4 is 0 Å². The Kier molecular flexibility index (Phi) is 4.72. The number of methoxy groups -OCH3 is 1. The lowest BCUT2D eigenvalue weighted by Gasteiger charge is -2.05. The normalized spacial score (nSPS) is 10.8. The van der Waals surface area contributed by atoms with E-state index in [2.05, 4.69) is 15.2 Å². The minimum Gasteiger partial charge on any atom is -0.497 e. The molecule has 0 saturated carbocycles. The second-order valence-electron chi connectivity index (χ2n) is 6.32. The van der Waals surface area contributed by atoms with Crippen molar-refractivity contribution in [1.82, 2.24) is 19.9 Å². The van der Waals surface area contributed by atoms with E-state index in [4.69, 9.17) is 9.26 Å². The maximum atomic E-state index is 12.2. The van der Waals surface area contributed by atoms with Gasteiger partial charge in [-0.3, -0.25) is 4.79 Å². The SMILES string of the molecule is COc1cccc(-c2noc(Cn3nc(-c4ccc(C)cc4)ccc3=O)n2)c1. The zero-order valence-electron chi connectivity index (χ0n) is 15.5. The molecule has 2 aromatic carbocycles. The zero-order chi connectivity index (χ0) is 19.5. The molecule has 140 valence electrons. The van der Waals surface area contributed by atoms with E-state index in [1.807, 2.05) is 55.5 Å². The van der Waals surface area contributed by atoms with Crippen molar-refractivity contribution in [3.63, 3.8) is 0 Å². The Hall–Kier alpha value is -3.74. The first-order chi connectivity index (χ1) is 13.6. The van der Waals surface area contributed by atoms with Crippen molar-refractivity contribution in [2.24, 2.45) is 0 Å². The molecule has 4 aromatic rings. The third-order valence-electron chi connectivity index (χ3n) is 4.30. The van der Waals surface area contributed by atoms with E-state index < -0.39 is 0 Å². The fourth-order valence-electron chi connectivity index (χ4n) is 2.77. The van der Waals surface area contributed by atoms with Crippen molar-refractivity contribution in [2.75, 3.05) is 7.11 Å². The summed E-state index contributed by atoms with van der Waals surface area (Å²) in [5.74, 6) is 1.43. The van der Waals surface area contributed by atoms with E-state index in [1.54, 1.807) is 13.2 Å². The molecule has 4 rings (SSSR count). The van der Waals surface area contributed by atoms with Crippen LogP contribution in [0.2, 0.25) is 0 Å². The summed E-state index contributed by atoms with van der Waals surface area (Å²) in [5, 5.41) is 8.43. The van der Waals surface area contributed by atoms with Crippen LogP contribution in [0.4, 0.5) is 0 Å². The van der Waals surface area contributed by atoms with Gasteiger partial charge in [0.05, 0.1) is 12.8 Å². The highest BCUT2D eigenvalue weighted by atomic mass is 16.5. The van der Waals surface area contributed by atoms with Crippen LogP contribution in [0.1, 0.15) is 11.5 Å². The molecule has 0 spiro atoms. The topological polar surface area (TPSA) is 83.0 Å². The number of nitrogens with zero attached hydrogens (tertiary/aromatic N) is 4. The number of ether oxygens (including phenoxy) is 1. The molecule has 7 heteroatoms. The molecule has 0 amide bonds. The number of aryl methyl sites for hydroxylation is 1. The van der Waals surface area contributed by atoms with Gasteiger partial charge < -0.3 is 9.26 Å². The van der Waals surface area contributed by atoms with Gasteiger partial charge in [-0.05, 0) is 25.1 Å². The van der Waals surface area contributed by atoms with Gasteiger partial charge in [-0.2, -0.15) is 10.1 Å². The Bertz CT molecular complexity index is 1160. The largest absolute Gasteiger partial charge is 0.497 e. The second-order valence-corrected chi connectivity index (χ2v) is 6.32. The number of rotatable bonds is 5. The van der Waals surface area contributed by atoms with E-state index in [0.29, 0.717) is 23.2 Å².